The number of nitro benzene ring substituents is 1. The third kappa shape index (κ3) is 4.14. The van der Waals surface area contributed by atoms with E-state index in [9.17, 15) is 19.7 Å². The minimum atomic E-state index is -1.21. The van der Waals surface area contributed by atoms with E-state index in [0.717, 1.165) is 6.07 Å². The molecule has 1 unspecified atom stereocenters. The van der Waals surface area contributed by atoms with Crippen molar-refractivity contribution < 1.29 is 24.4 Å². The van der Waals surface area contributed by atoms with Gasteiger partial charge in [0.2, 0.25) is 0 Å². The summed E-state index contributed by atoms with van der Waals surface area (Å²) in [4.78, 5) is 32.8. The van der Waals surface area contributed by atoms with E-state index in [0.29, 0.717) is 0 Å². The molecule has 21 heavy (non-hydrogen) atoms. The molecule has 0 heterocycles. The van der Waals surface area contributed by atoms with E-state index in [4.69, 9.17) is 9.84 Å². The first kappa shape index (κ1) is 16.4. The number of carbonyl (C=O) groups excluding carboxylic acids is 1. The molecule has 114 valence electrons. The predicted octanol–water partition coefficient (Wildman–Crippen LogP) is 0.466. The third-order valence-corrected chi connectivity index (χ3v) is 2.64. The molecule has 9 heteroatoms. The number of anilines is 1. The van der Waals surface area contributed by atoms with Crippen molar-refractivity contribution in [1.82, 2.24) is 5.32 Å². The van der Waals surface area contributed by atoms with Crippen molar-refractivity contribution in [3.8, 4) is 0 Å². The zero-order chi connectivity index (χ0) is 16.0. The normalized spacial score (nSPS) is 11.5. The van der Waals surface area contributed by atoms with E-state index >= 15 is 0 Å². The number of carbonyl (C=O) groups is 2. The fourth-order valence-electron chi connectivity index (χ4n) is 1.62. The number of hydrogen-bond acceptors (Lipinski definition) is 6. The van der Waals surface area contributed by atoms with Gasteiger partial charge in [0.15, 0.2) is 0 Å². The van der Waals surface area contributed by atoms with Gasteiger partial charge in [-0.25, -0.2) is 4.79 Å². The maximum atomic E-state index is 11.5. The van der Waals surface area contributed by atoms with Gasteiger partial charge in [-0.2, -0.15) is 0 Å². The van der Waals surface area contributed by atoms with Crippen LogP contribution in [-0.4, -0.2) is 48.7 Å². The largest absolute Gasteiger partial charge is 0.480 e. The number of nitro groups is 1. The van der Waals surface area contributed by atoms with Gasteiger partial charge in [0.05, 0.1) is 11.5 Å². The van der Waals surface area contributed by atoms with Crippen molar-refractivity contribution in [3.63, 3.8) is 0 Å². The second-order valence-corrected chi connectivity index (χ2v) is 4.06. The van der Waals surface area contributed by atoms with Gasteiger partial charge in [-0.05, 0) is 12.1 Å². The molecular formula is C12H15N3O6. The second-order valence-electron chi connectivity index (χ2n) is 4.06. The fourth-order valence-corrected chi connectivity index (χ4v) is 1.62. The van der Waals surface area contributed by atoms with Crippen LogP contribution in [0.4, 0.5) is 11.4 Å². The summed E-state index contributed by atoms with van der Waals surface area (Å²) in [6.07, 6.45) is 0. The summed E-state index contributed by atoms with van der Waals surface area (Å²) in [6.45, 7) is -0.163. The van der Waals surface area contributed by atoms with Gasteiger partial charge in [0.25, 0.3) is 11.6 Å². The molecule has 9 nitrogen and oxygen atoms in total. The van der Waals surface area contributed by atoms with Gasteiger partial charge >= 0.3 is 5.97 Å². The smallest absolute Gasteiger partial charge is 0.328 e. The van der Waals surface area contributed by atoms with Crippen molar-refractivity contribution in [3.05, 3.63) is 33.9 Å². The quantitative estimate of drug-likeness (QED) is 0.492. The van der Waals surface area contributed by atoms with Crippen LogP contribution in [0.2, 0.25) is 0 Å². The van der Waals surface area contributed by atoms with Crippen LogP contribution in [0.5, 0.6) is 0 Å². The summed E-state index contributed by atoms with van der Waals surface area (Å²) in [6, 6.07) is 2.58. The Morgan fingerprint density at radius 1 is 1.48 bits per heavy atom. The van der Waals surface area contributed by atoms with E-state index in [-0.39, 0.29) is 17.9 Å². The molecular weight excluding hydrogens is 282 g/mol. The molecule has 0 spiro atoms. The van der Waals surface area contributed by atoms with Crippen LogP contribution in [0.15, 0.2) is 18.2 Å². The first-order chi connectivity index (χ1) is 9.90. The van der Waals surface area contributed by atoms with Crippen LogP contribution < -0.4 is 10.6 Å². The van der Waals surface area contributed by atoms with Crippen LogP contribution in [0.25, 0.3) is 0 Å². The second kappa shape index (κ2) is 7.20. The predicted molar refractivity (Wildman–Crippen MR) is 73.4 cm³/mol. The van der Waals surface area contributed by atoms with Gasteiger partial charge in [-0.3, -0.25) is 14.9 Å². The van der Waals surface area contributed by atoms with E-state index in [1.807, 2.05) is 0 Å². The van der Waals surface area contributed by atoms with E-state index in [2.05, 4.69) is 10.6 Å². The maximum absolute atomic E-state index is 11.5. The van der Waals surface area contributed by atoms with Crippen LogP contribution in [0.1, 0.15) is 10.4 Å². The molecule has 0 saturated carbocycles. The summed E-state index contributed by atoms with van der Waals surface area (Å²) in [5, 5.41) is 24.9. The average Bonchev–Trinajstić information content (AvgIpc) is 2.45. The minimum Gasteiger partial charge on any atom is -0.480 e. The van der Waals surface area contributed by atoms with Crippen LogP contribution in [0, 0.1) is 10.1 Å². The first-order valence-electron chi connectivity index (χ1n) is 5.89. The summed E-state index contributed by atoms with van der Waals surface area (Å²) >= 11 is 0. The van der Waals surface area contributed by atoms with Crippen molar-refractivity contribution in [2.24, 2.45) is 0 Å². The molecule has 0 aliphatic heterocycles. The first-order valence-corrected chi connectivity index (χ1v) is 5.89. The Morgan fingerprint density at radius 2 is 2.14 bits per heavy atom. The van der Waals surface area contributed by atoms with E-state index < -0.39 is 28.5 Å². The molecule has 1 amide bonds. The fraction of sp³-hybridized carbons (Fsp3) is 0.333. The zero-order valence-electron chi connectivity index (χ0n) is 11.5. The summed E-state index contributed by atoms with van der Waals surface area (Å²) in [7, 11) is 2.72. The molecule has 0 saturated heterocycles. The lowest BCUT2D eigenvalue weighted by atomic mass is 10.1. The Morgan fingerprint density at radius 3 is 2.62 bits per heavy atom. The maximum Gasteiger partial charge on any atom is 0.328 e. The number of nitrogens with one attached hydrogen (secondary N) is 2. The third-order valence-electron chi connectivity index (χ3n) is 2.64. The number of rotatable bonds is 7. The standard InChI is InChI=1S/C12H15N3O6/c1-13-11(16)7-3-4-8(10(5-7)15(19)20)14-9(6-21-2)12(17)18/h3-5,9,14H,6H2,1-2H3,(H,13,16)(H,17,18). The number of hydrogen-bond donors (Lipinski definition) is 3. The van der Waals surface area contributed by atoms with Crippen molar-refractivity contribution >= 4 is 23.3 Å². The van der Waals surface area contributed by atoms with E-state index in [1.54, 1.807) is 0 Å². The Balaban J connectivity index is 3.14. The molecule has 0 bridgehead atoms. The minimum absolute atomic E-state index is 0.00268. The lowest BCUT2D eigenvalue weighted by Gasteiger charge is -2.15. The van der Waals surface area contributed by atoms with Gasteiger partial charge < -0.3 is 20.5 Å². The number of nitrogens with zero attached hydrogens (tertiary/aromatic N) is 1. The molecule has 0 aliphatic carbocycles. The van der Waals surface area contributed by atoms with Gasteiger partial charge in [0, 0.05) is 25.8 Å². The van der Waals surface area contributed by atoms with Gasteiger partial charge in [-0.15, -0.1) is 0 Å². The molecule has 3 N–H and O–H groups in total. The Kier molecular flexibility index (Phi) is 5.61. The summed E-state index contributed by atoms with van der Waals surface area (Å²) in [5.41, 5.74) is -0.288. The van der Waals surface area contributed by atoms with Gasteiger partial charge in [0.1, 0.15) is 11.7 Å². The molecule has 0 radical (unpaired) electrons. The topological polar surface area (TPSA) is 131 Å². The highest BCUT2D eigenvalue weighted by molar-refractivity contribution is 5.95. The molecule has 0 fully saturated rings. The molecule has 1 aromatic rings. The summed E-state index contributed by atoms with van der Waals surface area (Å²) in [5.74, 6) is -1.68. The number of carboxylic acid groups (broad SMARTS) is 1. The molecule has 0 aromatic heterocycles. The monoisotopic (exact) mass is 297 g/mol. The molecule has 1 aromatic carbocycles. The van der Waals surface area contributed by atoms with Crippen LogP contribution >= 0.6 is 0 Å². The number of aliphatic carboxylic acids is 1. The lowest BCUT2D eigenvalue weighted by Crippen LogP contribution is -2.33. The van der Waals surface area contributed by atoms with Crippen LogP contribution in [-0.2, 0) is 9.53 Å². The number of carboxylic acids is 1. The highest BCUT2D eigenvalue weighted by atomic mass is 16.6. The van der Waals surface area contributed by atoms with Crippen molar-refractivity contribution in [1.29, 1.82) is 0 Å². The van der Waals surface area contributed by atoms with Crippen molar-refractivity contribution in [2.45, 2.75) is 6.04 Å². The molecule has 0 aliphatic rings. The van der Waals surface area contributed by atoms with Gasteiger partial charge in [-0.1, -0.05) is 0 Å². The lowest BCUT2D eigenvalue weighted by molar-refractivity contribution is -0.384. The number of benzene rings is 1. The Hall–Kier alpha value is -2.68. The number of ether oxygens (including phenoxy) is 1. The SMILES string of the molecule is CNC(=O)c1ccc(NC(COC)C(=O)O)c([N+](=O)[O-])c1. The van der Waals surface area contributed by atoms with Crippen LogP contribution in [0.3, 0.4) is 0 Å². The Bertz CT molecular complexity index is 560. The highest BCUT2D eigenvalue weighted by Crippen LogP contribution is 2.26. The van der Waals surface area contributed by atoms with E-state index in [1.165, 1.54) is 26.3 Å². The summed E-state index contributed by atoms with van der Waals surface area (Å²) < 4.78 is 4.74. The Labute approximate surface area is 120 Å². The highest BCUT2D eigenvalue weighted by Gasteiger charge is 2.23. The average molecular weight is 297 g/mol. The molecule has 1 atom stereocenters. The number of amides is 1. The molecule has 1 rings (SSSR count). The number of methoxy groups -OCH3 is 1. The van der Waals surface area contributed by atoms with Crippen molar-refractivity contribution in [2.75, 3.05) is 26.1 Å². The zero-order valence-corrected chi connectivity index (χ0v) is 11.5.